The van der Waals surface area contributed by atoms with Gasteiger partial charge in [-0.1, -0.05) is 30.3 Å². The van der Waals surface area contributed by atoms with E-state index in [-0.39, 0.29) is 5.69 Å². The summed E-state index contributed by atoms with van der Waals surface area (Å²) < 4.78 is 16.3. The molecule has 7 nitrogen and oxygen atoms in total. The molecule has 0 fully saturated rings. The second kappa shape index (κ2) is 9.05. The number of aryl methyl sites for hydroxylation is 1. The van der Waals surface area contributed by atoms with Crippen molar-refractivity contribution in [1.29, 1.82) is 0 Å². The minimum absolute atomic E-state index is 0.0400. The lowest BCUT2D eigenvalue weighted by atomic mass is 10.2. The van der Waals surface area contributed by atoms with E-state index in [1.54, 1.807) is 25.1 Å². The minimum atomic E-state index is -1.03. The second-order valence-electron chi connectivity index (χ2n) is 6.26. The lowest BCUT2D eigenvalue weighted by Crippen LogP contribution is -2.30. The van der Waals surface area contributed by atoms with Crippen LogP contribution in [0.5, 0.6) is 5.75 Å². The number of amides is 1. The zero-order valence-corrected chi connectivity index (χ0v) is 16.5. The standard InChI is InChI=1S/C22H22N2O5/c1-4-27-18-13-9-8-12-17(18)23-20(25)15(3)29-22(26)19-14(2)28-21(24-19)16-10-6-5-7-11-16/h5-13,15H,4H2,1-3H3,(H,23,25)/t15-/m1/s1. The Hall–Kier alpha value is -3.61. The summed E-state index contributed by atoms with van der Waals surface area (Å²) >= 11 is 0. The van der Waals surface area contributed by atoms with Gasteiger partial charge in [-0.25, -0.2) is 9.78 Å². The van der Waals surface area contributed by atoms with Gasteiger partial charge >= 0.3 is 5.97 Å². The van der Waals surface area contributed by atoms with E-state index in [4.69, 9.17) is 13.9 Å². The van der Waals surface area contributed by atoms with Crippen LogP contribution in [0.15, 0.2) is 59.0 Å². The van der Waals surface area contributed by atoms with E-state index >= 15 is 0 Å². The number of carbonyl (C=O) groups is 2. The normalized spacial score (nSPS) is 11.6. The summed E-state index contributed by atoms with van der Waals surface area (Å²) in [5.74, 6) is -0.0215. The fraction of sp³-hybridized carbons (Fsp3) is 0.227. The summed E-state index contributed by atoms with van der Waals surface area (Å²) in [5.41, 5.74) is 1.29. The number of ether oxygens (including phenoxy) is 2. The smallest absolute Gasteiger partial charge is 0.361 e. The zero-order chi connectivity index (χ0) is 20.8. The number of hydrogen-bond donors (Lipinski definition) is 1. The molecule has 7 heteroatoms. The van der Waals surface area contributed by atoms with Crippen molar-refractivity contribution in [3.8, 4) is 17.2 Å². The summed E-state index contributed by atoms with van der Waals surface area (Å²) in [5, 5.41) is 2.71. The molecule has 0 saturated heterocycles. The van der Waals surface area contributed by atoms with Gasteiger partial charge < -0.3 is 19.2 Å². The summed E-state index contributed by atoms with van der Waals surface area (Å²) in [6, 6.07) is 16.3. The highest BCUT2D eigenvalue weighted by atomic mass is 16.5. The van der Waals surface area contributed by atoms with E-state index in [1.165, 1.54) is 6.92 Å². The Morgan fingerprint density at radius 1 is 1.10 bits per heavy atom. The number of aromatic nitrogens is 1. The molecular weight excluding hydrogens is 372 g/mol. The number of para-hydroxylation sites is 2. The van der Waals surface area contributed by atoms with Crippen molar-refractivity contribution >= 4 is 17.6 Å². The van der Waals surface area contributed by atoms with Crippen LogP contribution in [0.2, 0.25) is 0 Å². The molecule has 1 aromatic heterocycles. The molecule has 0 unspecified atom stereocenters. The highest BCUT2D eigenvalue weighted by molar-refractivity contribution is 5.98. The first kappa shape index (κ1) is 20.1. The Morgan fingerprint density at radius 3 is 2.52 bits per heavy atom. The number of carbonyl (C=O) groups excluding carboxylic acids is 2. The molecule has 3 aromatic rings. The van der Waals surface area contributed by atoms with Gasteiger partial charge in [0.15, 0.2) is 11.8 Å². The highest BCUT2D eigenvalue weighted by Crippen LogP contribution is 2.25. The van der Waals surface area contributed by atoms with Gasteiger partial charge in [0, 0.05) is 5.56 Å². The maximum atomic E-state index is 12.5. The van der Waals surface area contributed by atoms with Crippen molar-refractivity contribution in [2.75, 3.05) is 11.9 Å². The number of hydrogen-bond acceptors (Lipinski definition) is 6. The molecule has 3 rings (SSSR count). The van der Waals surface area contributed by atoms with Crippen LogP contribution in [-0.4, -0.2) is 29.6 Å². The van der Waals surface area contributed by atoms with E-state index < -0.39 is 18.0 Å². The van der Waals surface area contributed by atoms with Crippen molar-refractivity contribution in [1.82, 2.24) is 4.98 Å². The number of nitrogens with one attached hydrogen (secondary N) is 1. The van der Waals surface area contributed by atoms with Crippen LogP contribution in [0.4, 0.5) is 5.69 Å². The Bertz CT molecular complexity index is 997. The molecular formula is C22H22N2O5. The number of anilines is 1. The van der Waals surface area contributed by atoms with Gasteiger partial charge in [-0.05, 0) is 45.0 Å². The first-order valence-electron chi connectivity index (χ1n) is 9.26. The van der Waals surface area contributed by atoms with Crippen LogP contribution in [0.25, 0.3) is 11.5 Å². The van der Waals surface area contributed by atoms with Crippen LogP contribution in [0.3, 0.4) is 0 Å². The van der Waals surface area contributed by atoms with E-state index in [9.17, 15) is 9.59 Å². The van der Waals surface area contributed by atoms with Crippen LogP contribution in [0.1, 0.15) is 30.1 Å². The molecule has 29 heavy (non-hydrogen) atoms. The van der Waals surface area contributed by atoms with Gasteiger partial charge in [-0.15, -0.1) is 0 Å². The van der Waals surface area contributed by atoms with Crippen molar-refractivity contribution in [2.24, 2.45) is 0 Å². The molecule has 0 saturated carbocycles. The predicted octanol–water partition coefficient (Wildman–Crippen LogP) is 4.23. The Morgan fingerprint density at radius 2 is 1.79 bits per heavy atom. The number of rotatable bonds is 7. The molecule has 2 aromatic carbocycles. The predicted molar refractivity (Wildman–Crippen MR) is 108 cm³/mol. The van der Waals surface area contributed by atoms with E-state index in [0.717, 1.165) is 5.56 Å². The molecule has 0 spiro atoms. The number of esters is 1. The third kappa shape index (κ3) is 4.82. The second-order valence-corrected chi connectivity index (χ2v) is 6.26. The maximum absolute atomic E-state index is 12.5. The Labute approximate surface area is 168 Å². The first-order valence-corrected chi connectivity index (χ1v) is 9.26. The average Bonchev–Trinajstić information content (AvgIpc) is 3.12. The van der Waals surface area contributed by atoms with Gasteiger partial charge in [-0.2, -0.15) is 0 Å². The molecule has 0 aliphatic heterocycles. The SMILES string of the molecule is CCOc1ccccc1NC(=O)[C@@H](C)OC(=O)c1nc(-c2ccccc2)oc1C. The molecule has 150 valence electrons. The van der Waals surface area contributed by atoms with Gasteiger partial charge in [0.25, 0.3) is 5.91 Å². The summed E-state index contributed by atoms with van der Waals surface area (Å²) in [7, 11) is 0. The molecule has 1 atom stereocenters. The number of benzene rings is 2. The van der Waals surface area contributed by atoms with Crippen molar-refractivity contribution < 1.29 is 23.5 Å². The van der Waals surface area contributed by atoms with Crippen LogP contribution in [-0.2, 0) is 9.53 Å². The largest absolute Gasteiger partial charge is 0.492 e. The molecule has 1 N–H and O–H groups in total. The first-order chi connectivity index (χ1) is 14.0. The number of oxazole rings is 1. The molecule has 0 bridgehead atoms. The van der Waals surface area contributed by atoms with Gasteiger partial charge in [-0.3, -0.25) is 4.79 Å². The summed E-state index contributed by atoms with van der Waals surface area (Å²) in [4.78, 5) is 29.2. The number of nitrogens with zero attached hydrogens (tertiary/aromatic N) is 1. The monoisotopic (exact) mass is 394 g/mol. The zero-order valence-electron chi connectivity index (χ0n) is 16.5. The van der Waals surface area contributed by atoms with Crippen LogP contribution in [0, 0.1) is 6.92 Å². The van der Waals surface area contributed by atoms with Gasteiger partial charge in [0.2, 0.25) is 5.89 Å². The quantitative estimate of drug-likeness (QED) is 0.603. The topological polar surface area (TPSA) is 90.7 Å². The van der Waals surface area contributed by atoms with E-state index in [2.05, 4.69) is 10.3 Å². The van der Waals surface area contributed by atoms with Crippen molar-refractivity contribution in [2.45, 2.75) is 26.9 Å². The third-order valence-corrected chi connectivity index (χ3v) is 4.11. The molecule has 1 heterocycles. The molecule has 0 aliphatic rings. The average molecular weight is 394 g/mol. The van der Waals surface area contributed by atoms with Gasteiger partial charge in [0.1, 0.15) is 11.5 Å². The third-order valence-electron chi connectivity index (χ3n) is 4.11. The highest BCUT2D eigenvalue weighted by Gasteiger charge is 2.25. The van der Waals surface area contributed by atoms with Crippen LogP contribution >= 0.6 is 0 Å². The summed E-state index contributed by atoms with van der Waals surface area (Å²) in [6.45, 7) is 5.43. The van der Waals surface area contributed by atoms with E-state index in [1.807, 2.05) is 43.3 Å². The molecule has 0 aliphatic carbocycles. The minimum Gasteiger partial charge on any atom is -0.492 e. The summed E-state index contributed by atoms with van der Waals surface area (Å²) in [6.07, 6.45) is -1.03. The van der Waals surface area contributed by atoms with E-state index in [0.29, 0.717) is 29.7 Å². The van der Waals surface area contributed by atoms with Gasteiger partial charge in [0.05, 0.1) is 12.3 Å². The fourth-order valence-corrected chi connectivity index (χ4v) is 2.65. The Kier molecular flexibility index (Phi) is 6.29. The van der Waals surface area contributed by atoms with Crippen LogP contribution < -0.4 is 10.1 Å². The lowest BCUT2D eigenvalue weighted by molar-refractivity contribution is -0.123. The fourth-order valence-electron chi connectivity index (χ4n) is 2.65. The molecule has 0 radical (unpaired) electrons. The van der Waals surface area contributed by atoms with Crippen molar-refractivity contribution in [3.63, 3.8) is 0 Å². The molecule has 1 amide bonds. The lowest BCUT2D eigenvalue weighted by Gasteiger charge is -2.15. The van der Waals surface area contributed by atoms with Crippen molar-refractivity contribution in [3.05, 3.63) is 66.1 Å². The maximum Gasteiger partial charge on any atom is 0.361 e. The Balaban J connectivity index is 1.68.